The van der Waals surface area contributed by atoms with Crippen LogP contribution < -0.4 is 0 Å². The number of rotatable bonds is 7. The summed E-state index contributed by atoms with van der Waals surface area (Å²) in [7, 11) is 0. The molecule has 1 aliphatic rings. The van der Waals surface area contributed by atoms with Crippen molar-refractivity contribution in [1.82, 2.24) is 19.9 Å². The number of nitrogens with zero attached hydrogens (tertiary/aromatic N) is 4. The van der Waals surface area contributed by atoms with Gasteiger partial charge in [-0.25, -0.2) is 15.0 Å². The van der Waals surface area contributed by atoms with Crippen molar-refractivity contribution in [3.05, 3.63) is 229 Å². The Labute approximate surface area is 320 Å². The summed E-state index contributed by atoms with van der Waals surface area (Å²) in [5.74, 6) is 1.85. The quantitative estimate of drug-likeness (QED) is 0.166. The first-order chi connectivity index (χ1) is 27.3. The summed E-state index contributed by atoms with van der Waals surface area (Å²) in [4.78, 5) is 20.0. The molecule has 2 heterocycles. The molecule has 0 unspecified atom stereocenters. The normalized spacial score (nSPS) is 12.5. The Morgan fingerprint density at radius 2 is 0.818 bits per heavy atom. The molecule has 0 bridgehead atoms. The Morgan fingerprint density at radius 1 is 0.309 bits per heavy atom. The highest BCUT2D eigenvalue weighted by molar-refractivity contribution is 5.88. The van der Waals surface area contributed by atoms with Crippen LogP contribution in [0.4, 0.5) is 0 Å². The first-order valence-electron chi connectivity index (χ1n) is 18.6. The van der Waals surface area contributed by atoms with Gasteiger partial charge in [0.05, 0.1) is 11.1 Å². The van der Waals surface area contributed by atoms with Crippen LogP contribution >= 0.6 is 0 Å². The lowest BCUT2D eigenvalue weighted by Gasteiger charge is -2.33. The molecule has 0 fully saturated rings. The molecular formula is C51H34N4. The minimum Gasteiger partial charge on any atom is -0.256 e. The highest BCUT2D eigenvalue weighted by Crippen LogP contribution is 2.56. The Morgan fingerprint density at radius 3 is 1.49 bits per heavy atom. The van der Waals surface area contributed by atoms with E-state index in [4.69, 9.17) is 15.0 Å². The molecule has 0 radical (unpaired) electrons. The van der Waals surface area contributed by atoms with Gasteiger partial charge in [0.2, 0.25) is 0 Å². The summed E-state index contributed by atoms with van der Waals surface area (Å²) in [5, 5.41) is 0. The van der Waals surface area contributed by atoms with Gasteiger partial charge in [-0.1, -0.05) is 176 Å². The zero-order valence-corrected chi connectivity index (χ0v) is 29.9. The van der Waals surface area contributed by atoms with Crippen LogP contribution in [-0.4, -0.2) is 19.9 Å². The molecule has 2 aromatic heterocycles. The van der Waals surface area contributed by atoms with E-state index >= 15 is 0 Å². The van der Waals surface area contributed by atoms with E-state index in [-0.39, 0.29) is 0 Å². The Kier molecular flexibility index (Phi) is 8.00. The first kappa shape index (κ1) is 32.4. The van der Waals surface area contributed by atoms with Crippen molar-refractivity contribution >= 4 is 0 Å². The largest absolute Gasteiger partial charge is 0.256 e. The second-order valence-electron chi connectivity index (χ2n) is 13.8. The predicted molar refractivity (Wildman–Crippen MR) is 222 cm³/mol. The van der Waals surface area contributed by atoms with E-state index in [0.717, 1.165) is 39.1 Å². The van der Waals surface area contributed by atoms with Crippen molar-refractivity contribution < 1.29 is 0 Å². The van der Waals surface area contributed by atoms with Gasteiger partial charge >= 0.3 is 0 Å². The summed E-state index contributed by atoms with van der Waals surface area (Å²) in [6.07, 6.45) is 1.82. The smallest absolute Gasteiger partial charge is 0.164 e. The number of hydrogen-bond acceptors (Lipinski definition) is 4. The maximum Gasteiger partial charge on any atom is 0.164 e. The van der Waals surface area contributed by atoms with Crippen molar-refractivity contribution in [2.24, 2.45) is 0 Å². The van der Waals surface area contributed by atoms with E-state index in [0.29, 0.717) is 17.5 Å². The maximum absolute atomic E-state index is 5.20. The molecular weight excluding hydrogens is 669 g/mol. The highest BCUT2D eigenvalue weighted by atomic mass is 15.0. The van der Waals surface area contributed by atoms with Gasteiger partial charge in [0.25, 0.3) is 0 Å². The minimum atomic E-state index is -0.477. The summed E-state index contributed by atoms with van der Waals surface area (Å²) in [6, 6.07) is 70.4. The minimum absolute atomic E-state index is 0.477. The predicted octanol–water partition coefficient (Wildman–Crippen LogP) is 12.0. The summed E-state index contributed by atoms with van der Waals surface area (Å²) >= 11 is 0. The second kappa shape index (κ2) is 13.6. The lowest BCUT2D eigenvalue weighted by atomic mass is 9.67. The Bertz CT molecular complexity index is 2740. The fraction of sp³-hybridized carbons (Fsp3) is 0.0196. The fourth-order valence-corrected chi connectivity index (χ4v) is 8.14. The molecule has 0 atom stereocenters. The molecule has 55 heavy (non-hydrogen) atoms. The van der Waals surface area contributed by atoms with Crippen molar-refractivity contribution in [2.45, 2.75) is 5.41 Å². The average Bonchev–Trinajstić information content (AvgIpc) is 3.58. The third kappa shape index (κ3) is 5.63. The number of pyridine rings is 1. The van der Waals surface area contributed by atoms with E-state index < -0.39 is 5.41 Å². The Balaban J connectivity index is 1.16. The molecule has 0 amide bonds. The van der Waals surface area contributed by atoms with Crippen molar-refractivity contribution in [1.29, 1.82) is 0 Å². The monoisotopic (exact) mass is 702 g/mol. The fourth-order valence-electron chi connectivity index (χ4n) is 8.14. The van der Waals surface area contributed by atoms with E-state index in [2.05, 4.69) is 181 Å². The van der Waals surface area contributed by atoms with Gasteiger partial charge < -0.3 is 0 Å². The van der Waals surface area contributed by atoms with Crippen LogP contribution in [0, 0.1) is 0 Å². The molecule has 7 aromatic carbocycles. The molecule has 0 saturated heterocycles. The summed E-state index contributed by atoms with van der Waals surface area (Å²) in [5.41, 5.74) is 13.8. The van der Waals surface area contributed by atoms with Crippen LogP contribution in [0.25, 0.3) is 67.7 Å². The van der Waals surface area contributed by atoms with Crippen LogP contribution in [0.3, 0.4) is 0 Å². The molecule has 0 spiro atoms. The topological polar surface area (TPSA) is 51.6 Å². The average molecular weight is 703 g/mol. The second-order valence-corrected chi connectivity index (χ2v) is 13.8. The number of fused-ring (bicyclic) bond motifs is 3. The molecule has 4 heteroatoms. The molecule has 0 N–H and O–H groups in total. The van der Waals surface area contributed by atoms with Crippen LogP contribution in [-0.2, 0) is 5.41 Å². The molecule has 0 aliphatic heterocycles. The van der Waals surface area contributed by atoms with Gasteiger partial charge in [-0.05, 0) is 68.8 Å². The van der Waals surface area contributed by atoms with E-state index in [1.807, 2.05) is 30.5 Å². The molecule has 0 saturated carbocycles. The lowest BCUT2D eigenvalue weighted by Crippen LogP contribution is -2.28. The molecule has 4 nitrogen and oxygen atoms in total. The zero-order valence-electron chi connectivity index (χ0n) is 29.9. The van der Waals surface area contributed by atoms with Gasteiger partial charge in [0.15, 0.2) is 17.5 Å². The van der Waals surface area contributed by atoms with Crippen molar-refractivity contribution in [3.8, 4) is 67.7 Å². The van der Waals surface area contributed by atoms with Crippen LogP contribution in [0.15, 0.2) is 206 Å². The van der Waals surface area contributed by atoms with Gasteiger partial charge in [-0.3, -0.25) is 4.98 Å². The van der Waals surface area contributed by atoms with Crippen LogP contribution in [0.1, 0.15) is 22.3 Å². The third-order valence-corrected chi connectivity index (χ3v) is 10.7. The maximum atomic E-state index is 5.20. The SMILES string of the molecule is c1ccc(-c2cccc(-c3nc(-c4ccc(-c5ccccn5)cc4)nc(-c4ccc5c(c4)-c4ccccc4C5(c4ccccc4)c4ccccc4)n3)c2)cc1. The first-order valence-corrected chi connectivity index (χ1v) is 18.6. The summed E-state index contributed by atoms with van der Waals surface area (Å²) < 4.78 is 0. The van der Waals surface area contributed by atoms with Gasteiger partial charge in [-0.15, -0.1) is 0 Å². The molecule has 9 aromatic rings. The van der Waals surface area contributed by atoms with Gasteiger partial charge in [-0.2, -0.15) is 0 Å². The molecule has 1 aliphatic carbocycles. The molecule has 10 rings (SSSR count). The molecule has 258 valence electrons. The van der Waals surface area contributed by atoms with E-state index in [1.165, 1.54) is 33.4 Å². The number of hydrogen-bond donors (Lipinski definition) is 0. The van der Waals surface area contributed by atoms with Crippen LogP contribution in [0.2, 0.25) is 0 Å². The van der Waals surface area contributed by atoms with E-state index in [1.54, 1.807) is 0 Å². The standard InChI is InChI=1S/C51H34N4/c1-4-15-35(16-5-1)38-17-14-18-39(33-38)49-53-48(37-28-26-36(27-29-37)47-25-12-13-32-52-47)54-50(55-49)40-30-31-46-44(34-40)43-23-10-11-24-45(43)51(46,41-19-6-2-7-20-41)42-21-8-3-9-22-42/h1-34H. The van der Waals surface area contributed by atoms with Crippen molar-refractivity contribution in [3.63, 3.8) is 0 Å². The van der Waals surface area contributed by atoms with Gasteiger partial charge in [0, 0.05) is 28.5 Å². The Hall–Kier alpha value is -7.30. The van der Waals surface area contributed by atoms with Gasteiger partial charge in [0.1, 0.15) is 0 Å². The van der Waals surface area contributed by atoms with Crippen LogP contribution in [0.5, 0.6) is 0 Å². The lowest BCUT2D eigenvalue weighted by molar-refractivity contribution is 0.768. The summed E-state index contributed by atoms with van der Waals surface area (Å²) in [6.45, 7) is 0. The highest BCUT2D eigenvalue weighted by Gasteiger charge is 2.46. The number of benzene rings is 7. The third-order valence-electron chi connectivity index (χ3n) is 10.7. The number of aromatic nitrogens is 4. The zero-order chi connectivity index (χ0) is 36.6. The van der Waals surface area contributed by atoms with Crippen molar-refractivity contribution in [2.75, 3.05) is 0 Å². The van der Waals surface area contributed by atoms with E-state index in [9.17, 15) is 0 Å².